The van der Waals surface area contributed by atoms with Crippen LogP contribution in [0.5, 0.6) is 0 Å². The Bertz CT molecular complexity index is 362. The molecular weight excluding hydrogens is 182 g/mol. The number of hydrogen-bond donors (Lipinski definition) is 1. The average Bonchev–Trinajstić information content (AvgIpc) is 2.31. The molecule has 0 heterocycles. The van der Waals surface area contributed by atoms with Crippen LogP contribution in [-0.4, -0.2) is 0 Å². The van der Waals surface area contributed by atoms with E-state index in [0.29, 0.717) is 0 Å². The van der Waals surface area contributed by atoms with Crippen molar-refractivity contribution in [3.8, 4) is 0 Å². The van der Waals surface area contributed by atoms with Gasteiger partial charge < -0.3 is 5.32 Å². The summed E-state index contributed by atoms with van der Waals surface area (Å²) in [7, 11) is 0. The van der Waals surface area contributed by atoms with E-state index in [4.69, 9.17) is 0 Å². The molecule has 0 unspecified atom stereocenters. The van der Waals surface area contributed by atoms with Crippen LogP contribution in [-0.2, 0) is 0 Å². The zero-order valence-corrected chi connectivity index (χ0v) is 9.00. The van der Waals surface area contributed by atoms with Crippen LogP contribution < -0.4 is 5.32 Å². The first-order chi connectivity index (χ1) is 7.36. The first-order valence-corrected chi connectivity index (χ1v) is 5.56. The summed E-state index contributed by atoms with van der Waals surface area (Å²) in [5.41, 5.74) is 3.50. The molecule has 0 aliphatic heterocycles. The lowest BCUT2D eigenvalue weighted by Crippen LogP contribution is -2.12. The molecule has 15 heavy (non-hydrogen) atoms. The Morgan fingerprint density at radius 3 is 2.60 bits per heavy atom. The van der Waals surface area contributed by atoms with E-state index in [0.717, 1.165) is 12.1 Å². The van der Waals surface area contributed by atoms with E-state index in [2.05, 4.69) is 30.1 Å². The summed E-state index contributed by atoms with van der Waals surface area (Å²) in [5, 5.41) is 3.40. The maximum atomic E-state index is 4.07. The molecule has 0 saturated heterocycles. The van der Waals surface area contributed by atoms with Gasteiger partial charge in [-0.1, -0.05) is 43.0 Å². The van der Waals surface area contributed by atoms with Crippen LogP contribution in [0.15, 0.2) is 48.7 Å². The second kappa shape index (κ2) is 4.83. The summed E-state index contributed by atoms with van der Waals surface area (Å²) in [5.74, 6) is 0. The van der Waals surface area contributed by atoms with E-state index in [1.54, 1.807) is 0 Å². The Labute approximate surface area is 91.5 Å². The molecule has 0 spiro atoms. The van der Waals surface area contributed by atoms with Gasteiger partial charge in [-0.3, -0.25) is 0 Å². The molecule has 0 bridgehead atoms. The number of nitrogens with one attached hydrogen (secondary N) is 1. The first-order valence-electron chi connectivity index (χ1n) is 5.56. The van der Waals surface area contributed by atoms with Gasteiger partial charge in [-0.25, -0.2) is 0 Å². The van der Waals surface area contributed by atoms with Crippen molar-refractivity contribution in [2.75, 3.05) is 0 Å². The topological polar surface area (TPSA) is 12.0 Å². The van der Waals surface area contributed by atoms with Crippen LogP contribution in [0.25, 0.3) is 5.70 Å². The van der Waals surface area contributed by atoms with Crippen LogP contribution in [0.4, 0.5) is 0 Å². The molecule has 0 saturated carbocycles. The van der Waals surface area contributed by atoms with Gasteiger partial charge in [-0.15, -0.1) is 0 Å². The quantitative estimate of drug-likeness (QED) is 0.782. The minimum absolute atomic E-state index is 1.00. The molecule has 0 radical (unpaired) electrons. The van der Waals surface area contributed by atoms with Gasteiger partial charge in [0.1, 0.15) is 0 Å². The third-order valence-corrected chi connectivity index (χ3v) is 2.72. The van der Waals surface area contributed by atoms with Crippen molar-refractivity contribution in [1.29, 1.82) is 0 Å². The molecule has 0 fully saturated rings. The van der Waals surface area contributed by atoms with Gasteiger partial charge in [0.15, 0.2) is 0 Å². The summed E-state index contributed by atoms with van der Waals surface area (Å²) in [4.78, 5) is 0. The highest BCUT2D eigenvalue weighted by atomic mass is 14.9. The minimum Gasteiger partial charge on any atom is -0.359 e. The molecule has 1 aromatic rings. The molecule has 1 nitrogen and oxygen atoms in total. The Morgan fingerprint density at radius 2 is 1.93 bits per heavy atom. The largest absolute Gasteiger partial charge is 0.359 e. The zero-order valence-electron chi connectivity index (χ0n) is 9.00. The second-order valence-corrected chi connectivity index (χ2v) is 3.94. The number of benzene rings is 1. The Hall–Kier alpha value is -1.50. The summed E-state index contributed by atoms with van der Waals surface area (Å²) >= 11 is 0. The summed E-state index contributed by atoms with van der Waals surface area (Å²) in [6, 6.07) is 10.3. The van der Waals surface area contributed by atoms with Gasteiger partial charge in [-0.05, 0) is 31.2 Å². The van der Waals surface area contributed by atoms with Crippen LogP contribution in [0.3, 0.4) is 0 Å². The summed E-state index contributed by atoms with van der Waals surface area (Å²) in [6.07, 6.45) is 7.26. The Balaban J connectivity index is 2.01. The number of allylic oxidation sites excluding steroid dienone is 2. The van der Waals surface area contributed by atoms with E-state index < -0.39 is 0 Å². The van der Waals surface area contributed by atoms with Crippen LogP contribution in [0, 0.1) is 0 Å². The molecule has 1 heteroatoms. The first kappa shape index (κ1) is 10.0. The van der Waals surface area contributed by atoms with Crippen molar-refractivity contribution < 1.29 is 0 Å². The van der Waals surface area contributed by atoms with Crippen molar-refractivity contribution in [2.45, 2.75) is 25.7 Å². The van der Waals surface area contributed by atoms with Crippen molar-refractivity contribution in [1.82, 2.24) is 5.32 Å². The van der Waals surface area contributed by atoms with Crippen LogP contribution in [0.2, 0.25) is 0 Å². The molecule has 0 aromatic heterocycles. The third kappa shape index (κ3) is 2.72. The van der Waals surface area contributed by atoms with Crippen molar-refractivity contribution in [2.24, 2.45) is 0 Å². The predicted molar refractivity (Wildman–Crippen MR) is 65.2 cm³/mol. The highest BCUT2D eigenvalue weighted by molar-refractivity contribution is 5.62. The lowest BCUT2D eigenvalue weighted by Gasteiger charge is -2.16. The highest BCUT2D eigenvalue weighted by Crippen LogP contribution is 2.18. The fourth-order valence-electron chi connectivity index (χ4n) is 1.86. The van der Waals surface area contributed by atoms with Gasteiger partial charge in [0, 0.05) is 11.4 Å². The third-order valence-electron chi connectivity index (χ3n) is 2.72. The van der Waals surface area contributed by atoms with Crippen LogP contribution in [0.1, 0.15) is 31.2 Å². The lowest BCUT2D eigenvalue weighted by molar-refractivity contribution is 0.678. The summed E-state index contributed by atoms with van der Waals surface area (Å²) in [6.45, 7) is 4.07. The van der Waals surface area contributed by atoms with Gasteiger partial charge in [0.25, 0.3) is 0 Å². The maximum absolute atomic E-state index is 4.07. The molecule has 1 aliphatic rings. The normalized spacial score (nSPS) is 15.6. The van der Waals surface area contributed by atoms with Gasteiger partial charge in [0.05, 0.1) is 0 Å². The molecule has 2 rings (SSSR count). The fraction of sp³-hybridized carbons (Fsp3) is 0.286. The Morgan fingerprint density at radius 1 is 1.13 bits per heavy atom. The van der Waals surface area contributed by atoms with Gasteiger partial charge in [0.2, 0.25) is 0 Å². The van der Waals surface area contributed by atoms with Gasteiger partial charge in [-0.2, -0.15) is 0 Å². The highest BCUT2D eigenvalue weighted by Gasteiger charge is 2.04. The molecule has 0 amide bonds. The van der Waals surface area contributed by atoms with E-state index in [-0.39, 0.29) is 0 Å². The predicted octanol–water partition coefficient (Wildman–Crippen LogP) is 3.70. The van der Waals surface area contributed by atoms with Crippen molar-refractivity contribution >= 4 is 5.70 Å². The monoisotopic (exact) mass is 199 g/mol. The molecule has 1 aliphatic carbocycles. The molecular formula is C14H17N. The van der Waals surface area contributed by atoms with E-state index in [9.17, 15) is 0 Å². The number of rotatable bonds is 3. The SMILES string of the molecule is C=C(NC1=CCCCC1)c1ccccc1. The van der Waals surface area contributed by atoms with E-state index in [1.807, 2.05) is 18.2 Å². The molecule has 0 atom stereocenters. The van der Waals surface area contributed by atoms with Crippen LogP contribution >= 0.6 is 0 Å². The molecule has 1 aromatic carbocycles. The minimum atomic E-state index is 1.00. The second-order valence-electron chi connectivity index (χ2n) is 3.94. The van der Waals surface area contributed by atoms with Crippen molar-refractivity contribution in [3.63, 3.8) is 0 Å². The smallest absolute Gasteiger partial charge is 0.0382 e. The summed E-state index contributed by atoms with van der Waals surface area (Å²) < 4.78 is 0. The Kier molecular flexibility index (Phi) is 3.23. The standard InChI is InChI=1S/C14H17N/c1-12(13-8-4-2-5-9-13)15-14-10-6-3-7-11-14/h2,4-5,8-10,15H,1,3,6-7,11H2. The van der Waals surface area contributed by atoms with Gasteiger partial charge >= 0.3 is 0 Å². The number of hydrogen-bond acceptors (Lipinski definition) is 1. The average molecular weight is 199 g/mol. The maximum Gasteiger partial charge on any atom is 0.0382 e. The van der Waals surface area contributed by atoms with E-state index >= 15 is 0 Å². The zero-order chi connectivity index (χ0) is 10.5. The van der Waals surface area contributed by atoms with E-state index in [1.165, 1.54) is 30.5 Å². The lowest BCUT2D eigenvalue weighted by atomic mass is 10.0. The molecule has 1 N–H and O–H groups in total. The fourth-order valence-corrected chi connectivity index (χ4v) is 1.86. The van der Waals surface area contributed by atoms with Crippen molar-refractivity contribution in [3.05, 3.63) is 54.2 Å². The molecule has 78 valence electrons.